The quantitative estimate of drug-likeness (QED) is 0.872. The van der Waals surface area contributed by atoms with Gasteiger partial charge < -0.3 is 10.1 Å². The van der Waals surface area contributed by atoms with Gasteiger partial charge in [-0.05, 0) is 6.92 Å². The molecule has 0 aliphatic carbocycles. The second kappa shape index (κ2) is 5.81. The zero-order valence-corrected chi connectivity index (χ0v) is 11.0. The molecule has 3 nitrogen and oxygen atoms in total. The third-order valence-corrected chi connectivity index (χ3v) is 2.67. The Kier molecular flexibility index (Phi) is 4.12. The fraction of sp³-hybridized carbons (Fsp3) is 0.214. The molecule has 0 atom stereocenters. The molecule has 0 radical (unpaired) electrons. The molecule has 2 aromatic rings. The summed E-state index contributed by atoms with van der Waals surface area (Å²) in [5.74, 6) is -3.30. The van der Waals surface area contributed by atoms with Gasteiger partial charge in [0.05, 0.1) is 19.3 Å². The fourth-order valence-corrected chi connectivity index (χ4v) is 1.76. The molecule has 20 heavy (non-hydrogen) atoms. The number of nitrogens with one attached hydrogen (secondary N) is 1. The molecule has 1 aromatic heterocycles. The van der Waals surface area contributed by atoms with Gasteiger partial charge in [-0.2, -0.15) is 0 Å². The highest BCUT2D eigenvalue weighted by Gasteiger charge is 2.10. The molecule has 0 aliphatic heterocycles. The predicted molar refractivity (Wildman–Crippen MR) is 69.2 cm³/mol. The van der Waals surface area contributed by atoms with E-state index in [-0.39, 0.29) is 12.2 Å². The first kappa shape index (κ1) is 14.2. The van der Waals surface area contributed by atoms with Crippen molar-refractivity contribution < 1.29 is 17.9 Å². The number of aromatic nitrogens is 1. The second-order valence-corrected chi connectivity index (χ2v) is 4.25. The Morgan fingerprint density at radius 2 is 1.75 bits per heavy atom. The summed E-state index contributed by atoms with van der Waals surface area (Å²) >= 11 is 0. The van der Waals surface area contributed by atoms with E-state index in [1.807, 2.05) is 6.92 Å². The number of aryl methyl sites for hydroxylation is 1. The molecular formula is C14H13F3N2O. The van der Waals surface area contributed by atoms with Crippen molar-refractivity contribution in [3.8, 4) is 5.75 Å². The maximum atomic E-state index is 13.1. The van der Waals surface area contributed by atoms with Crippen LogP contribution in [0.1, 0.15) is 11.4 Å². The molecule has 0 bridgehead atoms. The topological polar surface area (TPSA) is 34.1 Å². The minimum absolute atomic E-state index is 0.142. The van der Waals surface area contributed by atoms with Crippen LogP contribution in [-0.2, 0) is 6.54 Å². The lowest BCUT2D eigenvalue weighted by molar-refractivity contribution is 0.413. The van der Waals surface area contributed by atoms with Crippen LogP contribution in [-0.4, -0.2) is 12.1 Å². The van der Waals surface area contributed by atoms with Crippen LogP contribution in [0.3, 0.4) is 0 Å². The van der Waals surface area contributed by atoms with Crippen molar-refractivity contribution in [3.63, 3.8) is 0 Å². The van der Waals surface area contributed by atoms with Gasteiger partial charge in [-0.15, -0.1) is 0 Å². The lowest BCUT2D eigenvalue weighted by Crippen LogP contribution is -2.04. The smallest absolute Gasteiger partial charge is 0.194 e. The van der Waals surface area contributed by atoms with E-state index >= 15 is 0 Å². The van der Waals surface area contributed by atoms with E-state index in [0.717, 1.165) is 17.8 Å². The average Bonchev–Trinajstić information content (AvgIpc) is 2.41. The molecule has 0 saturated heterocycles. The molecule has 0 unspecified atom stereocenters. The monoisotopic (exact) mass is 282 g/mol. The van der Waals surface area contributed by atoms with Crippen molar-refractivity contribution in [2.75, 3.05) is 12.4 Å². The standard InChI is InChI=1S/C14H13F3N2O/c1-8-3-11(20-2)4-10(19-8)7-18-9-5-12(15)14(17)13(16)6-9/h3-6,18H,7H2,1-2H3. The number of rotatable bonds is 4. The van der Waals surface area contributed by atoms with Gasteiger partial charge in [-0.1, -0.05) is 0 Å². The van der Waals surface area contributed by atoms with Crippen molar-refractivity contribution in [3.05, 3.63) is 53.1 Å². The van der Waals surface area contributed by atoms with Crippen molar-refractivity contribution in [1.29, 1.82) is 0 Å². The number of halogens is 3. The number of nitrogens with zero attached hydrogens (tertiary/aromatic N) is 1. The molecular weight excluding hydrogens is 269 g/mol. The number of anilines is 1. The summed E-state index contributed by atoms with van der Waals surface area (Å²) in [6.07, 6.45) is 0. The minimum Gasteiger partial charge on any atom is -0.497 e. The highest BCUT2D eigenvalue weighted by atomic mass is 19.2. The Morgan fingerprint density at radius 1 is 1.10 bits per heavy atom. The third-order valence-electron chi connectivity index (χ3n) is 2.67. The Morgan fingerprint density at radius 3 is 2.35 bits per heavy atom. The molecule has 1 N–H and O–H groups in total. The average molecular weight is 282 g/mol. The van der Waals surface area contributed by atoms with Gasteiger partial charge in [0.2, 0.25) is 0 Å². The molecule has 0 aliphatic rings. The van der Waals surface area contributed by atoms with E-state index in [0.29, 0.717) is 11.4 Å². The number of hydrogen-bond acceptors (Lipinski definition) is 3. The van der Waals surface area contributed by atoms with Gasteiger partial charge in [-0.25, -0.2) is 13.2 Å². The predicted octanol–water partition coefficient (Wildman–Crippen LogP) is 3.43. The Labute approximate surface area is 114 Å². The summed E-state index contributed by atoms with van der Waals surface area (Å²) in [5.41, 5.74) is 1.55. The summed E-state index contributed by atoms with van der Waals surface area (Å²) in [6, 6.07) is 5.26. The molecule has 106 valence electrons. The van der Waals surface area contributed by atoms with Gasteiger partial charge in [0.25, 0.3) is 0 Å². The van der Waals surface area contributed by atoms with Gasteiger partial charge >= 0.3 is 0 Å². The maximum Gasteiger partial charge on any atom is 0.194 e. The third kappa shape index (κ3) is 3.20. The molecule has 0 fully saturated rings. The van der Waals surface area contributed by atoms with E-state index in [9.17, 15) is 13.2 Å². The van der Waals surface area contributed by atoms with Crippen LogP contribution in [0.25, 0.3) is 0 Å². The maximum absolute atomic E-state index is 13.1. The van der Waals surface area contributed by atoms with E-state index in [1.54, 1.807) is 12.1 Å². The second-order valence-electron chi connectivity index (χ2n) is 4.25. The van der Waals surface area contributed by atoms with Crippen LogP contribution in [0.15, 0.2) is 24.3 Å². The van der Waals surface area contributed by atoms with Crippen LogP contribution in [0.4, 0.5) is 18.9 Å². The van der Waals surface area contributed by atoms with Crippen LogP contribution < -0.4 is 10.1 Å². The molecule has 0 spiro atoms. The molecule has 1 heterocycles. The van der Waals surface area contributed by atoms with Crippen LogP contribution in [0.2, 0.25) is 0 Å². The van der Waals surface area contributed by atoms with E-state index in [1.165, 1.54) is 7.11 Å². The molecule has 1 aromatic carbocycles. The summed E-state index contributed by atoms with van der Waals surface area (Å²) in [4.78, 5) is 4.26. The number of hydrogen-bond donors (Lipinski definition) is 1. The number of pyridine rings is 1. The van der Waals surface area contributed by atoms with E-state index < -0.39 is 17.5 Å². The van der Waals surface area contributed by atoms with Crippen LogP contribution >= 0.6 is 0 Å². The van der Waals surface area contributed by atoms with Crippen LogP contribution in [0.5, 0.6) is 5.75 Å². The van der Waals surface area contributed by atoms with Crippen molar-refractivity contribution in [2.45, 2.75) is 13.5 Å². The Hall–Kier alpha value is -2.24. The Balaban J connectivity index is 2.14. The van der Waals surface area contributed by atoms with Crippen molar-refractivity contribution >= 4 is 5.69 Å². The van der Waals surface area contributed by atoms with Gasteiger partial charge in [0, 0.05) is 35.6 Å². The lowest BCUT2D eigenvalue weighted by atomic mass is 10.2. The zero-order valence-electron chi connectivity index (χ0n) is 11.0. The molecule has 0 amide bonds. The largest absolute Gasteiger partial charge is 0.497 e. The number of methoxy groups -OCH3 is 1. The molecule has 2 rings (SSSR count). The summed E-state index contributed by atoms with van der Waals surface area (Å²) in [7, 11) is 1.54. The summed E-state index contributed by atoms with van der Waals surface area (Å²) in [6.45, 7) is 2.05. The van der Waals surface area contributed by atoms with Gasteiger partial charge in [-0.3, -0.25) is 4.98 Å². The lowest BCUT2D eigenvalue weighted by Gasteiger charge is -2.09. The van der Waals surface area contributed by atoms with Crippen molar-refractivity contribution in [2.24, 2.45) is 0 Å². The summed E-state index contributed by atoms with van der Waals surface area (Å²) in [5, 5.41) is 2.78. The molecule has 0 saturated carbocycles. The first-order valence-corrected chi connectivity index (χ1v) is 5.89. The minimum atomic E-state index is -1.48. The first-order valence-electron chi connectivity index (χ1n) is 5.89. The molecule has 6 heteroatoms. The number of benzene rings is 1. The van der Waals surface area contributed by atoms with Gasteiger partial charge in [0.15, 0.2) is 17.5 Å². The summed E-state index contributed by atoms with van der Waals surface area (Å²) < 4.78 is 44.0. The van der Waals surface area contributed by atoms with E-state index in [2.05, 4.69) is 10.3 Å². The SMILES string of the molecule is COc1cc(C)nc(CNc2cc(F)c(F)c(F)c2)c1. The van der Waals surface area contributed by atoms with Gasteiger partial charge in [0.1, 0.15) is 5.75 Å². The van der Waals surface area contributed by atoms with E-state index in [4.69, 9.17) is 4.74 Å². The van der Waals surface area contributed by atoms with Crippen molar-refractivity contribution in [1.82, 2.24) is 4.98 Å². The fourth-order valence-electron chi connectivity index (χ4n) is 1.76. The highest BCUT2D eigenvalue weighted by Crippen LogP contribution is 2.19. The normalized spacial score (nSPS) is 10.4. The van der Waals surface area contributed by atoms with Crippen LogP contribution in [0, 0.1) is 24.4 Å². The number of ether oxygens (including phenoxy) is 1. The highest BCUT2D eigenvalue weighted by molar-refractivity contribution is 5.44. The Bertz CT molecular complexity index is 609. The first-order chi connectivity index (χ1) is 9.49. The zero-order chi connectivity index (χ0) is 14.7.